The van der Waals surface area contributed by atoms with Gasteiger partial charge < -0.3 is 20.3 Å². The van der Waals surface area contributed by atoms with Crippen LogP contribution in [0.4, 0.5) is 4.39 Å². The number of carbonyl (C=O) groups excluding carboxylic acids is 2. The quantitative estimate of drug-likeness (QED) is 0.351. The molecule has 3 aromatic carbocycles. The number of benzene rings is 3. The van der Waals surface area contributed by atoms with Gasteiger partial charge in [0, 0.05) is 37.2 Å². The minimum Gasteiger partial charge on any atom is -0.377 e. The van der Waals surface area contributed by atoms with Crippen LogP contribution >= 0.6 is 0 Å². The van der Waals surface area contributed by atoms with E-state index in [2.05, 4.69) is 10.6 Å². The fraction of sp³-hybridized carbons (Fsp3) is 0.375. The highest BCUT2D eigenvalue weighted by molar-refractivity contribution is 5.98. The molecule has 2 aliphatic rings. The predicted octanol–water partition coefficient (Wildman–Crippen LogP) is 4.77. The van der Waals surface area contributed by atoms with Crippen LogP contribution in [0.25, 0.3) is 11.1 Å². The van der Waals surface area contributed by atoms with Gasteiger partial charge in [0.1, 0.15) is 11.9 Å². The summed E-state index contributed by atoms with van der Waals surface area (Å²) < 4.78 is 19.0. The van der Waals surface area contributed by atoms with Crippen LogP contribution in [-0.2, 0) is 9.53 Å². The molecule has 2 N–H and O–H groups in total. The second kappa shape index (κ2) is 13.0. The molecule has 1 aliphatic carbocycles. The zero-order valence-corrected chi connectivity index (χ0v) is 22.2. The Balaban J connectivity index is 1.13. The highest BCUT2D eigenvalue weighted by Gasteiger charge is 2.37. The zero-order chi connectivity index (χ0) is 27.0. The Morgan fingerprint density at radius 1 is 0.897 bits per heavy atom. The molecule has 2 fully saturated rings. The van der Waals surface area contributed by atoms with Gasteiger partial charge >= 0.3 is 0 Å². The van der Waals surface area contributed by atoms with E-state index in [1.165, 1.54) is 12.1 Å². The first-order chi connectivity index (χ1) is 19.1. The van der Waals surface area contributed by atoms with Gasteiger partial charge in [-0.05, 0) is 66.6 Å². The third-order valence-corrected chi connectivity index (χ3v) is 7.55. The molecule has 1 aliphatic heterocycles. The minimum atomic E-state index is -0.739. The Hall–Kier alpha value is -3.55. The summed E-state index contributed by atoms with van der Waals surface area (Å²) in [5.41, 5.74) is 3.76. The summed E-state index contributed by atoms with van der Waals surface area (Å²) in [5, 5.41) is 6.40. The molecule has 6 nitrogen and oxygen atoms in total. The van der Waals surface area contributed by atoms with Crippen LogP contribution < -0.4 is 10.6 Å². The molecular formula is C32H36FN3O3. The van der Waals surface area contributed by atoms with Gasteiger partial charge in [0.25, 0.3) is 5.91 Å². The summed E-state index contributed by atoms with van der Waals surface area (Å²) in [6, 6.07) is 23.7. The van der Waals surface area contributed by atoms with E-state index in [1.54, 1.807) is 12.1 Å². The summed E-state index contributed by atoms with van der Waals surface area (Å²) in [5.74, 6) is -0.198. The number of carbonyl (C=O) groups is 2. The summed E-state index contributed by atoms with van der Waals surface area (Å²) >= 11 is 0. The summed E-state index contributed by atoms with van der Waals surface area (Å²) in [6.45, 7) is 2.62. The lowest BCUT2D eigenvalue weighted by Gasteiger charge is -2.30. The van der Waals surface area contributed by atoms with Gasteiger partial charge in [-0.1, -0.05) is 54.6 Å². The number of likely N-dealkylation sites (tertiary alicyclic amines) is 1. The van der Waals surface area contributed by atoms with Crippen molar-refractivity contribution in [1.82, 2.24) is 15.5 Å². The monoisotopic (exact) mass is 529 g/mol. The maximum Gasteiger partial charge on any atom is 0.251 e. The molecule has 0 spiro atoms. The Morgan fingerprint density at radius 2 is 1.59 bits per heavy atom. The third-order valence-electron chi connectivity index (χ3n) is 7.55. The average molecular weight is 530 g/mol. The zero-order valence-electron chi connectivity index (χ0n) is 22.2. The predicted molar refractivity (Wildman–Crippen MR) is 150 cm³/mol. The molecule has 0 radical (unpaired) electrons. The largest absolute Gasteiger partial charge is 0.377 e. The van der Waals surface area contributed by atoms with Crippen LogP contribution in [0, 0.1) is 5.82 Å². The Bertz CT molecular complexity index is 1230. The van der Waals surface area contributed by atoms with E-state index < -0.39 is 6.04 Å². The van der Waals surface area contributed by atoms with E-state index in [9.17, 15) is 14.0 Å². The lowest BCUT2D eigenvalue weighted by molar-refractivity contribution is -0.135. The number of ether oxygens (including phenoxy) is 1. The van der Waals surface area contributed by atoms with Gasteiger partial charge in [-0.2, -0.15) is 0 Å². The van der Waals surface area contributed by atoms with Crippen LogP contribution in [-0.4, -0.2) is 61.6 Å². The molecule has 7 heteroatoms. The van der Waals surface area contributed by atoms with Crippen LogP contribution in [0.15, 0.2) is 78.9 Å². The molecule has 0 aromatic heterocycles. The minimum absolute atomic E-state index is 0.0875. The number of nitrogens with one attached hydrogen (secondary N) is 2. The van der Waals surface area contributed by atoms with Crippen LogP contribution in [0.3, 0.4) is 0 Å². The number of rotatable bonds is 11. The van der Waals surface area contributed by atoms with Crippen LogP contribution in [0.2, 0.25) is 0 Å². The number of piperidine rings is 1. The number of amides is 2. The third kappa shape index (κ3) is 7.31. The Kier molecular flexibility index (Phi) is 9.01. The van der Waals surface area contributed by atoms with Crippen molar-refractivity contribution in [3.63, 3.8) is 0 Å². The van der Waals surface area contributed by atoms with Gasteiger partial charge in [0.2, 0.25) is 5.91 Å². The summed E-state index contributed by atoms with van der Waals surface area (Å²) in [4.78, 5) is 28.2. The van der Waals surface area contributed by atoms with Crippen molar-refractivity contribution in [3.8, 4) is 11.1 Å². The van der Waals surface area contributed by atoms with Crippen LogP contribution in [0.5, 0.6) is 0 Å². The Morgan fingerprint density at radius 3 is 2.31 bits per heavy atom. The van der Waals surface area contributed by atoms with Crippen molar-refractivity contribution in [2.45, 2.75) is 43.7 Å². The SMILES string of the molecule is O=C(N[C@@H](COCCN[C@@H]1C[C@H]1c1ccc(F)cc1)C(=O)N1CCCCC1)c1ccc(-c2ccccc2)cc1. The van der Waals surface area contributed by atoms with E-state index in [-0.39, 0.29) is 24.2 Å². The highest BCUT2D eigenvalue weighted by Crippen LogP contribution is 2.40. The van der Waals surface area contributed by atoms with Gasteiger partial charge in [-0.15, -0.1) is 0 Å². The highest BCUT2D eigenvalue weighted by atomic mass is 19.1. The Labute approximate surface area is 229 Å². The standard InChI is InChI=1S/C32H36FN3O3/c33-27-15-13-25(14-16-27)28-21-29(28)34-17-20-39-22-30(32(38)36-18-5-2-6-19-36)35-31(37)26-11-9-24(10-12-26)23-7-3-1-4-8-23/h1,3-4,7-16,28-30,34H,2,5-6,17-22H2,(H,35,37)/t28-,29+,30-/m0/s1. The van der Waals surface area contributed by atoms with Gasteiger partial charge in [0.15, 0.2) is 0 Å². The topological polar surface area (TPSA) is 70.7 Å². The van der Waals surface area contributed by atoms with Crippen molar-refractivity contribution in [2.24, 2.45) is 0 Å². The lowest BCUT2D eigenvalue weighted by atomic mass is 10.0. The first kappa shape index (κ1) is 27.0. The molecule has 39 heavy (non-hydrogen) atoms. The van der Waals surface area contributed by atoms with Gasteiger partial charge in [-0.3, -0.25) is 9.59 Å². The first-order valence-electron chi connectivity index (χ1n) is 13.9. The number of hydrogen-bond donors (Lipinski definition) is 2. The lowest BCUT2D eigenvalue weighted by Crippen LogP contribution is -2.52. The van der Waals surface area contributed by atoms with E-state index in [4.69, 9.17) is 4.74 Å². The van der Waals surface area contributed by atoms with Crippen molar-refractivity contribution >= 4 is 11.8 Å². The van der Waals surface area contributed by atoms with Crippen molar-refractivity contribution < 1.29 is 18.7 Å². The molecule has 1 saturated heterocycles. The fourth-order valence-corrected chi connectivity index (χ4v) is 5.21. The fourth-order valence-electron chi connectivity index (χ4n) is 5.21. The normalized spacial score (nSPS) is 19.4. The first-order valence-corrected chi connectivity index (χ1v) is 13.9. The summed E-state index contributed by atoms with van der Waals surface area (Å²) in [7, 11) is 0. The molecule has 1 heterocycles. The van der Waals surface area contributed by atoms with E-state index in [0.717, 1.165) is 42.4 Å². The molecule has 2 amide bonds. The number of halogens is 1. The van der Waals surface area contributed by atoms with E-state index in [0.29, 0.717) is 43.8 Å². The molecule has 5 rings (SSSR count). The number of hydrogen-bond acceptors (Lipinski definition) is 4. The average Bonchev–Trinajstić information content (AvgIpc) is 3.77. The van der Waals surface area contributed by atoms with Crippen molar-refractivity contribution in [2.75, 3.05) is 32.8 Å². The van der Waals surface area contributed by atoms with Crippen molar-refractivity contribution in [3.05, 3.63) is 95.8 Å². The molecular weight excluding hydrogens is 493 g/mol. The second-order valence-electron chi connectivity index (χ2n) is 10.4. The molecule has 1 saturated carbocycles. The maximum absolute atomic E-state index is 13.3. The van der Waals surface area contributed by atoms with Gasteiger partial charge in [-0.25, -0.2) is 4.39 Å². The number of nitrogens with zero attached hydrogens (tertiary/aromatic N) is 1. The van der Waals surface area contributed by atoms with Gasteiger partial charge in [0.05, 0.1) is 13.2 Å². The summed E-state index contributed by atoms with van der Waals surface area (Å²) in [6.07, 6.45) is 4.10. The van der Waals surface area contributed by atoms with E-state index >= 15 is 0 Å². The second-order valence-corrected chi connectivity index (χ2v) is 10.4. The smallest absolute Gasteiger partial charge is 0.251 e. The molecule has 204 valence electrons. The van der Waals surface area contributed by atoms with E-state index in [1.807, 2.05) is 59.5 Å². The van der Waals surface area contributed by atoms with Crippen molar-refractivity contribution in [1.29, 1.82) is 0 Å². The molecule has 0 bridgehead atoms. The molecule has 3 aromatic rings. The molecule has 0 unspecified atom stereocenters. The maximum atomic E-state index is 13.3. The molecule has 3 atom stereocenters. The van der Waals surface area contributed by atoms with Crippen LogP contribution in [0.1, 0.15) is 47.5 Å².